The van der Waals surface area contributed by atoms with Gasteiger partial charge in [-0.15, -0.1) is 0 Å². The summed E-state index contributed by atoms with van der Waals surface area (Å²) in [6.45, 7) is 6.50. The molecule has 6 nitrogen and oxygen atoms in total. The van der Waals surface area contributed by atoms with E-state index in [0.717, 1.165) is 50.6 Å². The SMILES string of the molecule is CN=C(NCCc1ccc(OC(C)C)cc1)N1CCC(C(=O)OC)CC1. The molecule has 6 heteroatoms. The Morgan fingerprint density at radius 1 is 1.27 bits per heavy atom. The molecule has 1 fully saturated rings. The summed E-state index contributed by atoms with van der Waals surface area (Å²) in [6, 6.07) is 8.23. The van der Waals surface area contributed by atoms with Crippen LogP contribution in [0.4, 0.5) is 0 Å². The van der Waals surface area contributed by atoms with Crippen LogP contribution in [-0.4, -0.2) is 56.7 Å². The van der Waals surface area contributed by atoms with Crippen LogP contribution in [0.3, 0.4) is 0 Å². The number of carbonyl (C=O) groups excluding carboxylic acids is 1. The van der Waals surface area contributed by atoms with Crippen molar-refractivity contribution in [3.63, 3.8) is 0 Å². The number of hydrogen-bond donors (Lipinski definition) is 1. The van der Waals surface area contributed by atoms with Crippen molar-refractivity contribution in [1.82, 2.24) is 10.2 Å². The van der Waals surface area contributed by atoms with E-state index in [4.69, 9.17) is 9.47 Å². The van der Waals surface area contributed by atoms with Crippen molar-refractivity contribution in [2.75, 3.05) is 33.8 Å². The number of aliphatic imine (C=N–C) groups is 1. The van der Waals surface area contributed by atoms with E-state index in [1.54, 1.807) is 7.05 Å². The second-order valence-corrected chi connectivity index (χ2v) is 6.82. The fourth-order valence-corrected chi connectivity index (χ4v) is 3.15. The van der Waals surface area contributed by atoms with Gasteiger partial charge in [0.1, 0.15) is 5.75 Å². The maximum Gasteiger partial charge on any atom is 0.308 e. The topological polar surface area (TPSA) is 63.2 Å². The van der Waals surface area contributed by atoms with E-state index in [9.17, 15) is 4.79 Å². The predicted molar refractivity (Wildman–Crippen MR) is 104 cm³/mol. The minimum absolute atomic E-state index is 0.0147. The lowest BCUT2D eigenvalue weighted by Gasteiger charge is -2.33. The van der Waals surface area contributed by atoms with Gasteiger partial charge in [-0.3, -0.25) is 9.79 Å². The van der Waals surface area contributed by atoms with Crippen LogP contribution in [0.1, 0.15) is 32.3 Å². The molecule has 1 saturated heterocycles. The minimum Gasteiger partial charge on any atom is -0.491 e. The van der Waals surface area contributed by atoms with Crippen LogP contribution < -0.4 is 10.1 Å². The molecule has 0 atom stereocenters. The van der Waals surface area contributed by atoms with Gasteiger partial charge in [0.15, 0.2) is 5.96 Å². The fourth-order valence-electron chi connectivity index (χ4n) is 3.15. The zero-order valence-corrected chi connectivity index (χ0v) is 16.3. The molecule has 1 heterocycles. The van der Waals surface area contributed by atoms with Crippen LogP contribution in [0.25, 0.3) is 0 Å². The van der Waals surface area contributed by atoms with E-state index in [-0.39, 0.29) is 18.0 Å². The number of hydrogen-bond acceptors (Lipinski definition) is 4. The van der Waals surface area contributed by atoms with Crippen molar-refractivity contribution in [1.29, 1.82) is 0 Å². The summed E-state index contributed by atoms with van der Waals surface area (Å²) in [4.78, 5) is 18.2. The second kappa shape index (κ2) is 10.0. The monoisotopic (exact) mass is 361 g/mol. The van der Waals surface area contributed by atoms with Gasteiger partial charge in [0.25, 0.3) is 0 Å². The lowest BCUT2D eigenvalue weighted by Crippen LogP contribution is -2.47. The Hall–Kier alpha value is -2.24. The molecule has 1 aliphatic heterocycles. The van der Waals surface area contributed by atoms with Gasteiger partial charge in [0.2, 0.25) is 0 Å². The molecular weight excluding hydrogens is 330 g/mol. The third-order valence-electron chi connectivity index (χ3n) is 4.53. The number of ether oxygens (including phenoxy) is 2. The molecule has 26 heavy (non-hydrogen) atoms. The quantitative estimate of drug-likeness (QED) is 0.479. The van der Waals surface area contributed by atoms with Crippen molar-refractivity contribution < 1.29 is 14.3 Å². The molecule has 0 aromatic heterocycles. The Labute approximate surface area is 156 Å². The van der Waals surface area contributed by atoms with Gasteiger partial charge in [-0.1, -0.05) is 12.1 Å². The summed E-state index contributed by atoms with van der Waals surface area (Å²) in [5.41, 5.74) is 1.26. The molecular formula is C20H31N3O3. The first-order valence-corrected chi connectivity index (χ1v) is 9.32. The molecule has 0 spiro atoms. The first-order valence-electron chi connectivity index (χ1n) is 9.32. The van der Waals surface area contributed by atoms with Crippen molar-refractivity contribution in [3.8, 4) is 5.75 Å². The Morgan fingerprint density at radius 3 is 2.46 bits per heavy atom. The van der Waals surface area contributed by atoms with E-state index >= 15 is 0 Å². The van der Waals surface area contributed by atoms with Crippen LogP contribution in [0.2, 0.25) is 0 Å². The summed E-state index contributed by atoms with van der Waals surface area (Å²) in [6.07, 6.45) is 2.73. The number of piperidine rings is 1. The first kappa shape index (κ1) is 20.1. The Morgan fingerprint density at radius 2 is 1.92 bits per heavy atom. The van der Waals surface area contributed by atoms with Gasteiger partial charge in [-0.25, -0.2) is 0 Å². The summed E-state index contributed by atoms with van der Waals surface area (Å²) in [5.74, 6) is 1.72. The molecule has 144 valence electrons. The molecule has 1 aromatic rings. The Kier molecular flexibility index (Phi) is 7.75. The zero-order valence-electron chi connectivity index (χ0n) is 16.3. The van der Waals surface area contributed by atoms with Crippen molar-refractivity contribution >= 4 is 11.9 Å². The van der Waals surface area contributed by atoms with Crippen molar-refractivity contribution in [3.05, 3.63) is 29.8 Å². The van der Waals surface area contributed by atoms with Gasteiger partial charge in [0.05, 0.1) is 19.1 Å². The summed E-state index contributed by atoms with van der Waals surface area (Å²) < 4.78 is 10.5. The van der Waals surface area contributed by atoms with E-state index in [0.29, 0.717) is 0 Å². The number of carbonyl (C=O) groups is 1. The zero-order chi connectivity index (χ0) is 18.9. The van der Waals surface area contributed by atoms with Crippen molar-refractivity contribution in [2.45, 2.75) is 39.2 Å². The van der Waals surface area contributed by atoms with Gasteiger partial charge in [-0.2, -0.15) is 0 Å². The number of benzene rings is 1. The molecule has 0 radical (unpaired) electrons. The maximum absolute atomic E-state index is 11.6. The molecule has 1 N–H and O–H groups in total. The van der Waals surface area contributed by atoms with E-state index < -0.39 is 0 Å². The Balaban J connectivity index is 1.76. The number of nitrogens with zero attached hydrogens (tertiary/aromatic N) is 2. The second-order valence-electron chi connectivity index (χ2n) is 6.82. The maximum atomic E-state index is 11.6. The normalized spacial score (nSPS) is 15.9. The van der Waals surface area contributed by atoms with Crippen LogP contribution in [0, 0.1) is 5.92 Å². The number of guanidine groups is 1. The number of rotatable bonds is 6. The highest BCUT2D eigenvalue weighted by atomic mass is 16.5. The van der Waals surface area contributed by atoms with E-state index in [1.165, 1.54) is 12.7 Å². The first-order chi connectivity index (χ1) is 12.5. The van der Waals surface area contributed by atoms with E-state index in [2.05, 4.69) is 27.3 Å². The number of methoxy groups -OCH3 is 1. The molecule has 0 unspecified atom stereocenters. The van der Waals surface area contributed by atoms with Gasteiger partial charge < -0.3 is 19.7 Å². The third kappa shape index (κ3) is 5.93. The highest BCUT2D eigenvalue weighted by Gasteiger charge is 2.26. The standard InChI is InChI=1S/C20H31N3O3/c1-15(2)26-18-7-5-16(6-8-18)9-12-22-20(21-3)23-13-10-17(11-14-23)19(24)25-4/h5-8,15,17H,9-14H2,1-4H3,(H,21,22). The van der Waals surface area contributed by atoms with E-state index in [1.807, 2.05) is 26.0 Å². The molecule has 0 aliphatic carbocycles. The highest BCUT2D eigenvalue weighted by molar-refractivity contribution is 5.80. The molecule has 1 aliphatic rings. The molecule has 0 saturated carbocycles. The molecule has 0 bridgehead atoms. The number of likely N-dealkylation sites (tertiary alicyclic amines) is 1. The average molecular weight is 361 g/mol. The number of esters is 1. The van der Waals surface area contributed by atoms with Gasteiger partial charge in [-0.05, 0) is 50.8 Å². The molecule has 1 aromatic carbocycles. The summed E-state index contributed by atoms with van der Waals surface area (Å²) in [7, 11) is 3.25. The molecule has 2 rings (SSSR count). The lowest BCUT2D eigenvalue weighted by molar-refractivity contribution is -0.146. The fraction of sp³-hybridized carbons (Fsp3) is 0.600. The average Bonchev–Trinajstić information content (AvgIpc) is 2.66. The van der Waals surface area contributed by atoms with Crippen LogP contribution >= 0.6 is 0 Å². The van der Waals surface area contributed by atoms with Crippen LogP contribution in [0.15, 0.2) is 29.3 Å². The van der Waals surface area contributed by atoms with Crippen LogP contribution in [-0.2, 0) is 16.0 Å². The smallest absolute Gasteiger partial charge is 0.308 e. The van der Waals surface area contributed by atoms with Gasteiger partial charge >= 0.3 is 5.97 Å². The lowest BCUT2D eigenvalue weighted by atomic mass is 9.97. The summed E-state index contributed by atoms with van der Waals surface area (Å²) in [5, 5.41) is 3.42. The largest absolute Gasteiger partial charge is 0.491 e. The number of nitrogens with one attached hydrogen (secondary N) is 1. The third-order valence-corrected chi connectivity index (χ3v) is 4.53. The van der Waals surface area contributed by atoms with Gasteiger partial charge in [0, 0.05) is 26.7 Å². The highest BCUT2D eigenvalue weighted by Crippen LogP contribution is 2.18. The summed E-state index contributed by atoms with van der Waals surface area (Å²) >= 11 is 0. The van der Waals surface area contributed by atoms with Crippen molar-refractivity contribution in [2.24, 2.45) is 10.9 Å². The van der Waals surface area contributed by atoms with Crippen LogP contribution in [0.5, 0.6) is 5.75 Å². The Bertz CT molecular complexity index is 591. The molecule has 0 amide bonds. The minimum atomic E-state index is -0.0995. The predicted octanol–water partition coefficient (Wildman–Crippen LogP) is 2.48.